The molecule has 0 spiro atoms. The highest BCUT2D eigenvalue weighted by Gasteiger charge is 2.14. The molecule has 1 aliphatic carbocycles. The first-order valence-corrected chi connectivity index (χ1v) is 15.4. The summed E-state index contributed by atoms with van der Waals surface area (Å²) >= 11 is 0. The Morgan fingerprint density at radius 3 is 2.31 bits per heavy atom. The number of esters is 1. The quantitative estimate of drug-likeness (QED) is 0.0637. The van der Waals surface area contributed by atoms with E-state index in [1.54, 1.807) is 24.3 Å². The third kappa shape index (κ3) is 16.6. The molecule has 1 N–H and O–H groups in total. The molecule has 230 valence electrons. The van der Waals surface area contributed by atoms with Crippen LogP contribution >= 0.6 is 0 Å². The van der Waals surface area contributed by atoms with Gasteiger partial charge in [-0.05, 0) is 54.7 Å². The third-order valence-corrected chi connectivity index (χ3v) is 7.33. The van der Waals surface area contributed by atoms with Crippen LogP contribution in [0.3, 0.4) is 0 Å². The summed E-state index contributed by atoms with van der Waals surface area (Å²) in [4.78, 5) is 38.0. The van der Waals surface area contributed by atoms with Crippen LogP contribution in [0.1, 0.15) is 101 Å². The van der Waals surface area contributed by atoms with Gasteiger partial charge in [0.2, 0.25) is 5.91 Å². The number of allylic oxidation sites excluding steroid dienone is 2. The summed E-state index contributed by atoms with van der Waals surface area (Å²) in [5.74, 6) is 0.303. The second kappa shape index (κ2) is 22.0. The number of nitrogens with zero attached hydrogens (tertiary/aromatic N) is 1. The molecule has 0 saturated heterocycles. The van der Waals surface area contributed by atoms with Crippen LogP contribution in [0.2, 0.25) is 0 Å². The van der Waals surface area contributed by atoms with Gasteiger partial charge in [0.15, 0.2) is 0 Å². The van der Waals surface area contributed by atoms with Crippen LogP contribution in [0.15, 0.2) is 66.7 Å². The fourth-order valence-corrected chi connectivity index (χ4v) is 4.98. The normalized spacial score (nSPS) is 12.9. The number of carbonyl (C=O) groups excluding carboxylic acids is 2. The lowest BCUT2D eigenvalue weighted by Gasteiger charge is -2.10. The molecule has 0 heterocycles. The lowest BCUT2D eigenvalue weighted by molar-refractivity contribution is -0.763. The SMILES string of the molecule is CC/C=C\CCCC(=O)NCC(=O)OCc1ccccc1CO[N+](=O)[O-].c1ccc(CCCCCC2CCCC2)cc1. The number of amides is 1. The molecule has 2 aromatic carbocycles. The Bertz CT molecular complexity index is 1070. The molecule has 8 heteroatoms. The molecule has 1 amide bonds. The Balaban J connectivity index is 0.000000327. The summed E-state index contributed by atoms with van der Waals surface area (Å²) in [5.41, 5.74) is 2.67. The highest BCUT2D eigenvalue weighted by Crippen LogP contribution is 2.29. The highest BCUT2D eigenvalue weighted by atomic mass is 16.9. The fraction of sp³-hybridized carbons (Fsp3) is 0.529. The number of rotatable bonds is 18. The summed E-state index contributed by atoms with van der Waals surface area (Å²) < 4.78 is 5.09. The topological polar surface area (TPSA) is 108 Å². The standard InChI is InChI=1S/C18H24N2O6.C16H24/c1-2-3-4-5-6-11-17(21)19-12-18(22)25-13-15-9-7-8-10-16(15)14-26-20(23)24;1-3-9-15(10-4-1)11-5-2-6-12-16-13-7-8-14-16/h3-4,7-10H,2,5-6,11-14H2,1H3,(H,19,21);1,3-4,9-10,16H,2,5-8,11-14H2/b4-3-;. The first kappa shape index (κ1) is 34.5. The molecule has 1 saturated carbocycles. The number of hydrogen-bond donors (Lipinski definition) is 1. The van der Waals surface area contributed by atoms with Crippen molar-refractivity contribution in [1.29, 1.82) is 0 Å². The minimum Gasteiger partial charge on any atom is -0.459 e. The second-order valence-electron chi connectivity index (χ2n) is 10.7. The van der Waals surface area contributed by atoms with Crippen LogP contribution < -0.4 is 5.32 Å². The molecule has 8 nitrogen and oxygen atoms in total. The van der Waals surface area contributed by atoms with Crippen LogP contribution in [-0.2, 0) is 38.8 Å². The Morgan fingerprint density at radius 2 is 1.62 bits per heavy atom. The average molecular weight is 581 g/mol. The van der Waals surface area contributed by atoms with E-state index in [9.17, 15) is 19.7 Å². The van der Waals surface area contributed by atoms with Crippen LogP contribution in [0.25, 0.3) is 0 Å². The van der Waals surface area contributed by atoms with Crippen LogP contribution in [0.4, 0.5) is 0 Å². The summed E-state index contributed by atoms with van der Waals surface area (Å²) in [6, 6.07) is 17.7. The predicted octanol–water partition coefficient (Wildman–Crippen LogP) is 7.67. The van der Waals surface area contributed by atoms with E-state index in [-0.39, 0.29) is 25.7 Å². The molecule has 42 heavy (non-hydrogen) atoms. The van der Waals surface area contributed by atoms with Gasteiger partial charge in [0.25, 0.3) is 5.09 Å². The number of benzene rings is 2. The molecule has 0 bridgehead atoms. The Labute approximate surface area is 251 Å². The van der Waals surface area contributed by atoms with Crippen molar-refractivity contribution in [2.75, 3.05) is 6.54 Å². The summed E-state index contributed by atoms with van der Waals surface area (Å²) in [7, 11) is 0. The van der Waals surface area contributed by atoms with Crippen LogP contribution in [-0.4, -0.2) is 23.5 Å². The van der Waals surface area contributed by atoms with Crippen LogP contribution in [0, 0.1) is 16.0 Å². The maximum Gasteiger partial charge on any atom is 0.325 e. The molecular weight excluding hydrogens is 532 g/mol. The number of aryl methyl sites for hydroxylation is 1. The monoisotopic (exact) mass is 580 g/mol. The number of nitrogens with one attached hydrogen (secondary N) is 1. The molecule has 0 aromatic heterocycles. The number of carbonyl (C=O) groups is 2. The van der Waals surface area contributed by atoms with Gasteiger partial charge in [-0.2, -0.15) is 0 Å². The van der Waals surface area contributed by atoms with Crippen molar-refractivity contribution in [2.45, 2.75) is 104 Å². The Hall–Kier alpha value is -3.68. The summed E-state index contributed by atoms with van der Waals surface area (Å²) in [6.45, 7) is 1.57. The first-order chi connectivity index (χ1) is 20.5. The van der Waals surface area contributed by atoms with Crippen molar-refractivity contribution >= 4 is 11.9 Å². The third-order valence-electron chi connectivity index (χ3n) is 7.33. The van der Waals surface area contributed by atoms with E-state index in [0.29, 0.717) is 17.5 Å². The van der Waals surface area contributed by atoms with E-state index < -0.39 is 11.1 Å². The van der Waals surface area contributed by atoms with Gasteiger partial charge in [-0.15, -0.1) is 10.1 Å². The average Bonchev–Trinajstić information content (AvgIpc) is 3.52. The van der Waals surface area contributed by atoms with E-state index in [4.69, 9.17) is 4.74 Å². The second-order valence-corrected chi connectivity index (χ2v) is 10.7. The van der Waals surface area contributed by atoms with Crippen molar-refractivity contribution in [1.82, 2.24) is 5.32 Å². The van der Waals surface area contributed by atoms with Gasteiger partial charge in [0.05, 0.1) is 0 Å². The molecule has 1 aliphatic rings. The fourth-order valence-electron chi connectivity index (χ4n) is 4.98. The van der Waals surface area contributed by atoms with E-state index in [2.05, 4.69) is 40.5 Å². The highest BCUT2D eigenvalue weighted by molar-refractivity contribution is 5.81. The van der Waals surface area contributed by atoms with Crippen molar-refractivity contribution < 1.29 is 24.3 Å². The zero-order chi connectivity index (χ0) is 30.3. The summed E-state index contributed by atoms with van der Waals surface area (Å²) in [6.07, 6.45) is 20.0. The lowest BCUT2D eigenvalue weighted by atomic mass is 9.98. The van der Waals surface area contributed by atoms with Crippen molar-refractivity contribution in [3.63, 3.8) is 0 Å². The van der Waals surface area contributed by atoms with Crippen molar-refractivity contribution in [3.05, 3.63) is 93.6 Å². The minimum absolute atomic E-state index is 0.0479. The summed E-state index contributed by atoms with van der Waals surface area (Å²) in [5, 5.41) is 11.9. The van der Waals surface area contributed by atoms with Crippen LogP contribution in [0.5, 0.6) is 0 Å². The maximum atomic E-state index is 11.7. The van der Waals surface area contributed by atoms with E-state index in [1.165, 1.54) is 63.4 Å². The largest absolute Gasteiger partial charge is 0.459 e. The van der Waals surface area contributed by atoms with E-state index in [0.717, 1.165) is 25.2 Å². The molecule has 0 radical (unpaired) electrons. The Morgan fingerprint density at radius 1 is 0.929 bits per heavy atom. The van der Waals surface area contributed by atoms with E-state index >= 15 is 0 Å². The zero-order valence-electron chi connectivity index (χ0n) is 25.1. The molecular formula is C34H48N2O6. The van der Waals surface area contributed by atoms with Gasteiger partial charge >= 0.3 is 5.97 Å². The number of ether oxygens (including phenoxy) is 1. The van der Waals surface area contributed by atoms with Gasteiger partial charge in [-0.1, -0.05) is 119 Å². The zero-order valence-corrected chi connectivity index (χ0v) is 25.1. The number of unbranched alkanes of at least 4 members (excludes halogenated alkanes) is 3. The first-order valence-electron chi connectivity index (χ1n) is 15.4. The van der Waals surface area contributed by atoms with Gasteiger partial charge in [0.1, 0.15) is 19.8 Å². The molecule has 0 atom stereocenters. The minimum atomic E-state index is -0.879. The van der Waals surface area contributed by atoms with Crippen molar-refractivity contribution in [3.8, 4) is 0 Å². The van der Waals surface area contributed by atoms with Crippen molar-refractivity contribution in [2.24, 2.45) is 5.92 Å². The van der Waals surface area contributed by atoms with E-state index in [1.807, 2.05) is 19.1 Å². The Kier molecular flexibility index (Phi) is 18.1. The maximum absolute atomic E-state index is 11.7. The van der Waals surface area contributed by atoms with Gasteiger partial charge in [-0.3, -0.25) is 9.59 Å². The lowest BCUT2D eigenvalue weighted by Crippen LogP contribution is -2.30. The molecule has 2 aromatic rings. The smallest absolute Gasteiger partial charge is 0.325 e. The predicted molar refractivity (Wildman–Crippen MR) is 165 cm³/mol. The van der Waals surface area contributed by atoms with Gasteiger partial charge < -0.3 is 14.9 Å². The molecule has 3 rings (SSSR count). The molecule has 0 unspecified atom stereocenters. The van der Waals surface area contributed by atoms with Gasteiger partial charge in [0, 0.05) is 6.42 Å². The molecule has 1 fully saturated rings. The van der Waals surface area contributed by atoms with Gasteiger partial charge in [-0.25, -0.2) is 0 Å². The number of hydrogen-bond acceptors (Lipinski definition) is 6. The molecule has 0 aliphatic heterocycles.